The summed E-state index contributed by atoms with van der Waals surface area (Å²) < 4.78 is 11.6. The third kappa shape index (κ3) is 3.73. The molecule has 0 unspecified atom stereocenters. The van der Waals surface area contributed by atoms with Gasteiger partial charge in [0.2, 0.25) is 0 Å². The van der Waals surface area contributed by atoms with Crippen molar-refractivity contribution < 1.29 is 14.3 Å². The molecule has 0 aliphatic carbocycles. The summed E-state index contributed by atoms with van der Waals surface area (Å²) in [4.78, 5) is 15.0. The minimum Gasteiger partial charge on any atom is -0.347 e. The Kier molecular flexibility index (Phi) is 4.90. The molecular formula is C22H25NO3. The maximum Gasteiger partial charge on any atom is 0.193 e. The van der Waals surface area contributed by atoms with Gasteiger partial charge in [0.15, 0.2) is 11.6 Å². The van der Waals surface area contributed by atoms with E-state index in [1.54, 1.807) is 0 Å². The number of hydrogen-bond donors (Lipinski definition) is 0. The van der Waals surface area contributed by atoms with E-state index in [2.05, 4.69) is 17.0 Å². The molecule has 0 radical (unpaired) electrons. The van der Waals surface area contributed by atoms with Gasteiger partial charge in [0.05, 0.1) is 13.2 Å². The minimum absolute atomic E-state index is 0.0793. The number of nitrogens with zero attached hydrogens (tertiary/aromatic N) is 1. The van der Waals surface area contributed by atoms with Gasteiger partial charge in [-0.05, 0) is 18.6 Å². The van der Waals surface area contributed by atoms with E-state index in [4.69, 9.17) is 9.47 Å². The van der Waals surface area contributed by atoms with Crippen LogP contribution < -0.4 is 0 Å². The summed E-state index contributed by atoms with van der Waals surface area (Å²) in [5.41, 5.74) is 3.82. The third-order valence-electron chi connectivity index (χ3n) is 5.33. The summed E-state index contributed by atoms with van der Waals surface area (Å²) in [7, 11) is 0. The summed E-state index contributed by atoms with van der Waals surface area (Å²) in [5.74, 6) is -0.240. The molecule has 2 aromatic carbocycles. The van der Waals surface area contributed by atoms with E-state index in [-0.39, 0.29) is 11.6 Å². The SMILES string of the molecule is Cc1cccc(C(=O)c2ccc(CN3CCC4(CC3)OCCO4)cc2)c1. The lowest BCUT2D eigenvalue weighted by Crippen LogP contribution is -2.44. The monoisotopic (exact) mass is 351 g/mol. The van der Waals surface area contributed by atoms with Crippen LogP contribution >= 0.6 is 0 Å². The Morgan fingerprint density at radius 1 is 1.00 bits per heavy atom. The molecule has 0 atom stereocenters. The van der Waals surface area contributed by atoms with Crippen LogP contribution in [0.15, 0.2) is 48.5 Å². The summed E-state index contributed by atoms with van der Waals surface area (Å²) in [5, 5.41) is 0. The molecule has 136 valence electrons. The van der Waals surface area contributed by atoms with Crippen molar-refractivity contribution in [3.8, 4) is 0 Å². The quantitative estimate of drug-likeness (QED) is 0.790. The Labute approximate surface area is 154 Å². The van der Waals surface area contributed by atoms with Crippen LogP contribution in [0.1, 0.15) is 39.9 Å². The highest BCUT2D eigenvalue weighted by molar-refractivity contribution is 6.09. The molecule has 0 bridgehead atoms. The molecule has 0 amide bonds. The van der Waals surface area contributed by atoms with Crippen molar-refractivity contribution in [2.45, 2.75) is 32.1 Å². The molecule has 0 saturated carbocycles. The number of carbonyl (C=O) groups is 1. The second kappa shape index (κ2) is 7.31. The summed E-state index contributed by atoms with van der Waals surface area (Å²) >= 11 is 0. The van der Waals surface area contributed by atoms with Crippen molar-refractivity contribution >= 4 is 5.78 Å². The van der Waals surface area contributed by atoms with Crippen molar-refractivity contribution in [2.75, 3.05) is 26.3 Å². The molecule has 4 nitrogen and oxygen atoms in total. The van der Waals surface area contributed by atoms with E-state index in [9.17, 15) is 4.79 Å². The highest BCUT2D eigenvalue weighted by Gasteiger charge is 2.39. The van der Waals surface area contributed by atoms with Gasteiger partial charge in [-0.1, -0.05) is 48.0 Å². The highest BCUT2D eigenvalue weighted by atomic mass is 16.7. The molecule has 2 saturated heterocycles. The van der Waals surface area contributed by atoms with Crippen molar-refractivity contribution in [3.63, 3.8) is 0 Å². The number of aryl methyl sites for hydroxylation is 1. The van der Waals surface area contributed by atoms with Gasteiger partial charge in [0, 0.05) is 43.6 Å². The topological polar surface area (TPSA) is 38.8 Å². The van der Waals surface area contributed by atoms with Gasteiger partial charge in [0.1, 0.15) is 0 Å². The van der Waals surface area contributed by atoms with Gasteiger partial charge in [0.25, 0.3) is 0 Å². The smallest absolute Gasteiger partial charge is 0.193 e. The van der Waals surface area contributed by atoms with E-state index < -0.39 is 0 Å². The number of carbonyl (C=O) groups excluding carboxylic acids is 1. The number of benzene rings is 2. The van der Waals surface area contributed by atoms with Crippen molar-refractivity contribution in [3.05, 3.63) is 70.8 Å². The first-order valence-corrected chi connectivity index (χ1v) is 9.34. The Morgan fingerprint density at radius 3 is 2.35 bits per heavy atom. The first-order valence-electron chi connectivity index (χ1n) is 9.34. The fourth-order valence-electron chi connectivity index (χ4n) is 3.81. The third-order valence-corrected chi connectivity index (χ3v) is 5.33. The predicted octanol–water partition coefficient (Wildman–Crippen LogP) is 3.56. The fraction of sp³-hybridized carbons (Fsp3) is 0.409. The first kappa shape index (κ1) is 17.4. The van der Waals surface area contributed by atoms with Crippen LogP contribution in [0, 0.1) is 6.92 Å². The number of likely N-dealkylation sites (tertiary alicyclic amines) is 1. The largest absolute Gasteiger partial charge is 0.347 e. The second-order valence-electron chi connectivity index (χ2n) is 7.28. The van der Waals surface area contributed by atoms with E-state index in [0.717, 1.165) is 62.4 Å². The van der Waals surface area contributed by atoms with E-state index in [1.807, 2.05) is 43.3 Å². The molecule has 2 fully saturated rings. The van der Waals surface area contributed by atoms with E-state index in [0.29, 0.717) is 0 Å². The molecule has 1 spiro atoms. The molecule has 2 aliphatic rings. The first-order chi connectivity index (χ1) is 12.6. The lowest BCUT2D eigenvalue weighted by atomic mass is 10.00. The van der Waals surface area contributed by atoms with Gasteiger partial charge in [-0.15, -0.1) is 0 Å². The number of hydrogen-bond acceptors (Lipinski definition) is 4. The van der Waals surface area contributed by atoms with Crippen molar-refractivity contribution in [2.24, 2.45) is 0 Å². The van der Waals surface area contributed by atoms with Gasteiger partial charge in [-0.2, -0.15) is 0 Å². The summed E-state index contributed by atoms with van der Waals surface area (Å²) in [6.07, 6.45) is 1.86. The maximum atomic E-state index is 12.6. The second-order valence-corrected chi connectivity index (χ2v) is 7.28. The predicted molar refractivity (Wildman–Crippen MR) is 100 cm³/mol. The molecule has 0 aromatic heterocycles. The molecule has 4 rings (SSSR count). The molecule has 26 heavy (non-hydrogen) atoms. The number of piperidine rings is 1. The van der Waals surface area contributed by atoms with Crippen LogP contribution in [0.4, 0.5) is 0 Å². The highest BCUT2D eigenvalue weighted by Crippen LogP contribution is 2.31. The molecule has 4 heteroatoms. The minimum atomic E-state index is -0.319. The van der Waals surface area contributed by atoms with Gasteiger partial charge in [-0.25, -0.2) is 0 Å². The maximum absolute atomic E-state index is 12.6. The fourth-order valence-corrected chi connectivity index (χ4v) is 3.81. The van der Waals surface area contributed by atoms with E-state index >= 15 is 0 Å². The van der Waals surface area contributed by atoms with Crippen LogP contribution in [-0.4, -0.2) is 42.8 Å². The van der Waals surface area contributed by atoms with E-state index in [1.165, 1.54) is 5.56 Å². The Balaban J connectivity index is 1.37. The zero-order valence-electron chi connectivity index (χ0n) is 15.2. The van der Waals surface area contributed by atoms with Crippen LogP contribution in [0.2, 0.25) is 0 Å². The standard InChI is InChI=1S/C22H25NO3/c1-17-3-2-4-20(15-17)21(24)19-7-5-18(6-8-19)16-23-11-9-22(10-12-23)25-13-14-26-22/h2-8,15H,9-14,16H2,1H3. The Hall–Kier alpha value is -2.01. The van der Waals surface area contributed by atoms with Crippen LogP contribution in [0.25, 0.3) is 0 Å². The molecular weight excluding hydrogens is 326 g/mol. The normalized spacial score (nSPS) is 19.7. The summed E-state index contributed by atoms with van der Waals surface area (Å²) in [6.45, 7) is 6.29. The van der Waals surface area contributed by atoms with Gasteiger partial charge >= 0.3 is 0 Å². The molecule has 2 aliphatic heterocycles. The lowest BCUT2D eigenvalue weighted by molar-refractivity contribution is -0.185. The van der Waals surface area contributed by atoms with Crippen LogP contribution in [-0.2, 0) is 16.0 Å². The zero-order chi connectivity index (χ0) is 18.0. The van der Waals surface area contributed by atoms with Crippen LogP contribution in [0.5, 0.6) is 0 Å². The van der Waals surface area contributed by atoms with Crippen LogP contribution in [0.3, 0.4) is 0 Å². The number of rotatable bonds is 4. The van der Waals surface area contributed by atoms with Crippen molar-refractivity contribution in [1.82, 2.24) is 4.90 Å². The Morgan fingerprint density at radius 2 is 1.69 bits per heavy atom. The molecule has 2 aromatic rings. The Bertz CT molecular complexity index is 768. The van der Waals surface area contributed by atoms with Gasteiger partial charge < -0.3 is 9.47 Å². The number of ether oxygens (including phenoxy) is 2. The number of ketones is 1. The molecule has 2 heterocycles. The summed E-state index contributed by atoms with van der Waals surface area (Å²) in [6, 6.07) is 15.8. The average Bonchev–Trinajstić information content (AvgIpc) is 3.12. The lowest BCUT2D eigenvalue weighted by Gasteiger charge is -2.37. The molecule has 0 N–H and O–H groups in total. The average molecular weight is 351 g/mol. The van der Waals surface area contributed by atoms with Gasteiger partial charge in [-0.3, -0.25) is 9.69 Å². The van der Waals surface area contributed by atoms with Crippen molar-refractivity contribution in [1.29, 1.82) is 0 Å². The zero-order valence-corrected chi connectivity index (χ0v) is 15.2.